The first kappa shape index (κ1) is 37.1. The van der Waals surface area contributed by atoms with Crippen molar-refractivity contribution in [1.82, 2.24) is 20.6 Å². The molecule has 278 valence electrons. The topological polar surface area (TPSA) is 103 Å². The monoisotopic (exact) mass is 713 g/mol. The first-order chi connectivity index (χ1) is 24.4. The molecule has 6 rings (SSSR count). The lowest BCUT2D eigenvalue weighted by molar-refractivity contribution is -0.842. The molecule has 3 fully saturated rings. The number of likely N-dealkylation sites (tertiary alicyclic amines) is 1. The first-order valence-electron chi connectivity index (χ1n) is 18.6. The number of urea groups is 1. The largest absolute Gasteiger partial charge is 0.427 e. The summed E-state index contributed by atoms with van der Waals surface area (Å²) in [7, 11) is 1.88. The van der Waals surface area contributed by atoms with Gasteiger partial charge in [0.25, 0.3) is 0 Å². The smallest absolute Gasteiger partial charge is 0.351 e. The second-order valence-electron chi connectivity index (χ2n) is 14.9. The maximum atomic E-state index is 14.3. The molecule has 2 aromatic carbocycles. The van der Waals surface area contributed by atoms with E-state index in [1.165, 1.54) is 11.1 Å². The second-order valence-corrected chi connectivity index (χ2v) is 14.9. The van der Waals surface area contributed by atoms with Gasteiger partial charge in [-0.1, -0.05) is 37.3 Å². The number of anilines is 1. The van der Waals surface area contributed by atoms with Crippen LogP contribution in [0.3, 0.4) is 0 Å². The maximum absolute atomic E-state index is 14.3. The number of hydroxylamine groups is 2. The highest BCUT2D eigenvalue weighted by Gasteiger charge is 2.44. The molecule has 0 radical (unpaired) electrons. The highest BCUT2D eigenvalue weighted by molar-refractivity contribution is 5.91. The number of quaternary nitrogens is 1. The van der Waals surface area contributed by atoms with Gasteiger partial charge in [0, 0.05) is 50.6 Å². The third-order valence-electron chi connectivity index (χ3n) is 11.7. The molecule has 4 heterocycles. The number of para-hydroxylation sites is 1. The van der Waals surface area contributed by atoms with Crippen LogP contribution in [0.25, 0.3) is 0 Å². The molecular formula is C38H52F3N6O4+. The third-order valence-corrected chi connectivity index (χ3v) is 11.7. The Balaban J connectivity index is 1.10. The summed E-state index contributed by atoms with van der Waals surface area (Å²) in [6.07, 6.45) is 0.766. The van der Waals surface area contributed by atoms with Gasteiger partial charge in [-0.25, -0.2) is 14.4 Å². The van der Waals surface area contributed by atoms with E-state index >= 15 is 0 Å². The van der Waals surface area contributed by atoms with Gasteiger partial charge in [0.05, 0.1) is 25.7 Å². The number of aryl methyl sites for hydroxylation is 1. The average Bonchev–Trinajstić information content (AvgIpc) is 3.29. The Morgan fingerprint density at radius 2 is 1.67 bits per heavy atom. The van der Waals surface area contributed by atoms with E-state index in [9.17, 15) is 27.6 Å². The number of alkyl halides is 3. The van der Waals surface area contributed by atoms with Crippen molar-refractivity contribution >= 4 is 23.7 Å². The van der Waals surface area contributed by atoms with Gasteiger partial charge in [0.2, 0.25) is 0 Å². The van der Waals surface area contributed by atoms with Crippen LogP contribution < -0.4 is 16.0 Å². The highest BCUT2D eigenvalue weighted by Crippen LogP contribution is 2.35. The van der Waals surface area contributed by atoms with Gasteiger partial charge in [-0.05, 0) is 92.3 Å². The van der Waals surface area contributed by atoms with Gasteiger partial charge in [-0.3, -0.25) is 4.48 Å². The summed E-state index contributed by atoms with van der Waals surface area (Å²) in [6, 6.07) is 10.7. The van der Waals surface area contributed by atoms with Crippen LogP contribution >= 0.6 is 0 Å². The first-order valence-corrected chi connectivity index (χ1v) is 18.6. The Hall–Kier alpha value is -3.68. The van der Waals surface area contributed by atoms with Crippen LogP contribution in [0.5, 0.6) is 0 Å². The van der Waals surface area contributed by atoms with Crippen molar-refractivity contribution in [3.8, 4) is 0 Å². The summed E-state index contributed by atoms with van der Waals surface area (Å²) >= 11 is 0. The zero-order chi connectivity index (χ0) is 36.2. The molecule has 10 nitrogen and oxygen atoms in total. The molecular weight excluding hydrogens is 661 g/mol. The highest BCUT2D eigenvalue weighted by atomic mass is 19.4. The predicted octanol–water partition coefficient (Wildman–Crippen LogP) is 5.76. The van der Waals surface area contributed by atoms with Crippen LogP contribution in [0.4, 0.5) is 28.4 Å². The Labute approximate surface area is 298 Å². The Morgan fingerprint density at radius 1 is 0.980 bits per heavy atom. The number of rotatable bonds is 8. The summed E-state index contributed by atoms with van der Waals surface area (Å²) in [5, 5.41) is 10.7. The molecule has 4 aliphatic heterocycles. The van der Waals surface area contributed by atoms with Crippen LogP contribution in [0.1, 0.15) is 67.7 Å². The Morgan fingerprint density at radius 3 is 2.35 bits per heavy atom. The fraction of sp³-hybridized carbons (Fsp3) is 0.605. The lowest BCUT2D eigenvalue weighted by Crippen LogP contribution is -2.62. The van der Waals surface area contributed by atoms with E-state index in [1.54, 1.807) is 13.0 Å². The molecule has 0 spiro atoms. The number of carbonyl (C=O) groups excluding carboxylic acids is 3. The SMILES string of the molecule is CCc1ccc(C[C@@H](NC(=O)ON2CCC(N3CCc4ccccc4NC3=O)CC2)C(=O)[N+]2(C)CCC(C3CCNCC3)CC2)cc1C(F)(F)F. The Kier molecular flexibility index (Phi) is 11.6. The molecule has 0 aliphatic carbocycles. The van der Waals surface area contributed by atoms with Gasteiger partial charge in [-0.2, -0.15) is 13.2 Å². The normalized spacial score (nSPS) is 24.6. The van der Waals surface area contributed by atoms with Crippen LogP contribution in [0.15, 0.2) is 42.5 Å². The molecule has 3 saturated heterocycles. The number of halogens is 3. The van der Waals surface area contributed by atoms with Crippen LogP contribution in [-0.4, -0.2) is 97.4 Å². The molecule has 4 aliphatic rings. The van der Waals surface area contributed by atoms with E-state index in [4.69, 9.17) is 4.84 Å². The lowest BCUT2D eigenvalue weighted by Gasteiger charge is -2.42. The minimum atomic E-state index is -4.54. The summed E-state index contributed by atoms with van der Waals surface area (Å²) < 4.78 is 42.0. The summed E-state index contributed by atoms with van der Waals surface area (Å²) in [5.41, 5.74) is 1.71. The summed E-state index contributed by atoms with van der Waals surface area (Å²) in [6.45, 7) is 6.31. The van der Waals surface area contributed by atoms with E-state index in [0.29, 0.717) is 63.0 Å². The molecule has 0 bridgehead atoms. The molecule has 0 unspecified atom stereocenters. The van der Waals surface area contributed by atoms with Crippen LogP contribution in [0, 0.1) is 11.8 Å². The molecule has 3 N–H and O–H groups in total. The quantitative estimate of drug-likeness (QED) is 0.301. The fourth-order valence-corrected chi connectivity index (χ4v) is 8.57. The minimum absolute atomic E-state index is 0.0253. The molecule has 1 atom stereocenters. The van der Waals surface area contributed by atoms with E-state index in [-0.39, 0.29) is 40.9 Å². The zero-order valence-electron chi connectivity index (χ0n) is 29.8. The number of piperidine rings is 3. The van der Waals surface area contributed by atoms with Gasteiger partial charge in [-0.15, -0.1) is 5.06 Å². The number of carbonyl (C=O) groups is 3. The standard InChI is InChI=1S/C38H51F3N6O4/c1-3-27-9-8-26(24-32(27)38(39,40)41)25-34(35(48)47(2)22-15-29(16-23-47)28-10-17-42-18-11-28)44-37(50)51-45-19-13-31(14-20-45)46-21-12-30-6-4-5-7-33(30)43-36(46)49/h4-9,24,28-29,31,34,42H,3,10-23,25H2,1-2H3,(H-,43,44,49,50)/p+1/t29?,34-,47?/m1/s1. The van der Waals surface area contributed by atoms with E-state index in [2.05, 4.69) is 16.0 Å². The molecule has 51 heavy (non-hydrogen) atoms. The number of likely N-dealkylation sites (N-methyl/N-ethyl adjacent to an activating group) is 1. The summed E-state index contributed by atoms with van der Waals surface area (Å²) in [5.74, 6) is 0.943. The van der Waals surface area contributed by atoms with Crippen molar-refractivity contribution in [2.75, 3.05) is 58.2 Å². The zero-order valence-corrected chi connectivity index (χ0v) is 29.8. The van der Waals surface area contributed by atoms with Crippen molar-refractivity contribution in [1.29, 1.82) is 0 Å². The third kappa shape index (κ3) is 8.86. The second kappa shape index (κ2) is 15.9. The number of hydrogen-bond donors (Lipinski definition) is 3. The number of fused-ring (bicyclic) bond motifs is 1. The number of amides is 4. The number of nitrogens with zero attached hydrogens (tertiary/aromatic N) is 3. The van der Waals surface area contributed by atoms with Gasteiger partial charge >= 0.3 is 24.2 Å². The summed E-state index contributed by atoms with van der Waals surface area (Å²) in [4.78, 5) is 48.3. The van der Waals surface area contributed by atoms with Crippen molar-refractivity contribution in [2.24, 2.45) is 11.8 Å². The number of nitrogens with one attached hydrogen (secondary N) is 3. The van der Waals surface area contributed by atoms with Gasteiger partial charge in [0.1, 0.15) is 0 Å². The maximum Gasteiger partial charge on any atom is 0.427 e. The number of hydrogen-bond acceptors (Lipinski definition) is 6. The van der Waals surface area contributed by atoms with Crippen molar-refractivity contribution in [3.05, 3.63) is 64.7 Å². The Bertz CT molecular complexity index is 1550. The molecule has 4 amide bonds. The van der Waals surface area contributed by atoms with Crippen LogP contribution in [-0.2, 0) is 35.1 Å². The molecule has 2 aromatic rings. The number of benzene rings is 2. The van der Waals surface area contributed by atoms with Crippen molar-refractivity contribution in [2.45, 2.75) is 83.0 Å². The van der Waals surface area contributed by atoms with E-state index in [1.807, 2.05) is 36.2 Å². The minimum Gasteiger partial charge on any atom is -0.351 e. The fourth-order valence-electron chi connectivity index (χ4n) is 8.57. The van der Waals surface area contributed by atoms with E-state index in [0.717, 1.165) is 62.5 Å². The van der Waals surface area contributed by atoms with Crippen LogP contribution in [0.2, 0.25) is 0 Å². The predicted molar refractivity (Wildman–Crippen MR) is 188 cm³/mol. The van der Waals surface area contributed by atoms with Crippen molar-refractivity contribution < 1.29 is 36.9 Å². The molecule has 0 aromatic heterocycles. The van der Waals surface area contributed by atoms with Gasteiger partial charge < -0.3 is 25.7 Å². The lowest BCUT2D eigenvalue weighted by atomic mass is 9.78. The van der Waals surface area contributed by atoms with Crippen molar-refractivity contribution in [3.63, 3.8) is 0 Å². The van der Waals surface area contributed by atoms with E-state index < -0.39 is 23.9 Å². The molecule has 13 heteroatoms. The average molecular weight is 714 g/mol. The molecule has 0 saturated carbocycles. The van der Waals surface area contributed by atoms with Gasteiger partial charge in [0.15, 0.2) is 6.04 Å².